The lowest BCUT2D eigenvalue weighted by atomic mass is 10.2. The predicted molar refractivity (Wildman–Crippen MR) is 46.3 cm³/mol. The highest BCUT2D eigenvalue weighted by Crippen LogP contribution is 2.27. The zero-order chi connectivity index (χ0) is 10.1. The SMILES string of the molecule is COc1ccc(C(O)(O)O)cc1Cl. The predicted octanol–water partition coefficient (Wildman–Crippen LogP) is 0.436. The summed E-state index contributed by atoms with van der Waals surface area (Å²) in [5.74, 6) is -2.47. The molecule has 0 unspecified atom stereocenters. The van der Waals surface area contributed by atoms with Crippen LogP contribution in [0.3, 0.4) is 0 Å². The Bertz CT molecular complexity index is 306. The van der Waals surface area contributed by atoms with Crippen molar-refractivity contribution in [3.63, 3.8) is 0 Å². The van der Waals surface area contributed by atoms with Crippen molar-refractivity contribution < 1.29 is 20.1 Å². The van der Waals surface area contributed by atoms with Crippen molar-refractivity contribution in [2.75, 3.05) is 7.11 Å². The summed E-state index contributed by atoms with van der Waals surface area (Å²) in [7, 11) is 1.44. The second-order valence-electron chi connectivity index (χ2n) is 2.48. The van der Waals surface area contributed by atoms with Crippen LogP contribution in [0.2, 0.25) is 5.02 Å². The maximum absolute atomic E-state index is 8.79. The smallest absolute Gasteiger partial charge is 0.304 e. The monoisotopic (exact) mass is 204 g/mol. The Kier molecular flexibility index (Phi) is 2.77. The van der Waals surface area contributed by atoms with E-state index in [0.29, 0.717) is 5.75 Å². The van der Waals surface area contributed by atoms with Crippen LogP contribution in [-0.2, 0) is 5.97 Å². The van der Waals surface area contributed by atoms with E-state index >= 15 is 0 Å². The van der Waals surface area contributed by atoms with Gasteiger partial charge in [0.25, 0.3) is 0 Å². The van der Waals surface area contributed by atoms with Crippen LogP contribution >= 0.6 is 11.6 Å². The third kappa shape index (κ3) is 2.32. The highest BCUT2D eigenvalue weighted by Gasteiger charge is 2.22. The van der Waals surface area contributed by atoms with E-state index in [2.05, 4.69) is 0 Å². The van der Waals surface area contributed by atoms with Gasteiger partial charge in [0.1, 0.15) is 5.75 Å². The minimum absolute atomic E-state index is 0.113. The highest BCUT2D eigenvalue weighted by molar-refractivity contribution is 6.32. The van der Waals surface area contributed by atoms with E-state index in [1.165, 1.54) is 25.3 Å². The van der Waals surface area contributed by atoms with Gasteiger partial charge in [-0.15, -0.1) is 0 Å². The lowest BCUT2D eigenvalue weighted by Crippen LogP contribution is -2.23. The zero-order valence-electron chi connectivity index (χ0n) is 6.86. The van der Waals surface area contributed by atoms with Gasteiger partial charge >= 0.3 is 5.97 Å². The molecule has 0 fully saturated rings. The second-order valence-corrected chi connectivity index (χ2v) is 2.89. The van der Waals surface area contributed by atoms with Gasteiger partial charge in [-0.25, -0.2) is 0 Å². The summed E-state index contributed by atoms with van der Waals surface area (Å²) in [4.78, 5) is 0. The molecule has 13 heavy (non-hydrogen) atoms. The third-order valence-electron chi connectivity index (χ3n) is 1.54. The number of ether oxygens (including phenoxy) is 1. The molecule has 0 heterocycles. The van der Waals surface area contributed by atoms with Crippen LogP contribution in [0.4, 0.5) is 0 Å². The van der Waals surface area contributed by atoms with E-state index < -0.39 is 5.97 Å². The summed E-state index contributed by atoms with van der Waals surface area (Å²) in [6.07, 6.45) is 0. The van der Waals surface area contributed by atoms with Crippen molar-refractivity contribution in [1.82, 2.24) is 0 Å². The molecule has 0 aliphatic heterocycles. The number of aliphatic hydroxyl groups is 3. The van der Waals surface area contributed by atoms with Gasteiger partial charge in [0.2, 0.25) is 0 Å². The molecule has 1 rings (SSSR count). The van der Waals surface area contributed by atoms with Crippen molar-refractivity contribution in [3.05, 3.63) is 28.8 Å². The van der Waals surface area contributed by atoms with Crippen molar-refractivity contribution in [1.29, 1.82) is 0 Å². The first-order valence-electron chi connectivity index (χ1n) is 3.46. The van der Waals surface area contributed by atoms with Crippen LogP contribution in [0.15, 0.2) is 18.2 Å². The Morgan fingerprint density at radius 2 is 1.92 bits per heavy atom. The number of benzene rings is 1. The first-order chi connectivity index (χ1) is 5.95. The van der Waals surface area contributed by atoms with E-state index in [1.54, 1.807) is 0 Å². The van der Waals surface area contributed by atoms with Crippen LogP contribution in [-0.4, -0.2) is 22.4 Å². The number of hydrogen-bond donors (Lipinski definition) is 3. The van der Waals surface area contributed by atoms with E-state index in [1.807, 2.05) is 0 Å². The molecule has 0 aliphatic rings. The van der Waals surface area contributed by atoms with Crippen LogP contribution in [0.5, 0.6) is 5.75 Å². The largest absolute Gasteiger partial charge is 0.495 e. The van der Waals surface area contributed by atoms with Gasteiger partial charge in [0, 0.05) is 5.56 Å². The van der Waals surface area contributed by atoms with Gasteiger partial charge in [-0.2, -0.15) is 0 Å². The van der Waals surface area contributed by atoms with Gasteiger partial charge in [0.15, 0.2) is 0 Å². The van der Waals surface area contributed by atoms with Gasteiger partial charge in [-0.3, -0.25) is 0 Å². The van der Waals surface area contributed by atoms with E-state index in [0.717, 1.165) is 0 Å². The van der Waals surface area contributed by atoms with Crippen molar-refractivity contribution in [3.8, 4) is 5.75 Å². The molecule has 72 valence electrons. The van der Waals surface area contributed by atoms with Gasteiger partial charge in [-0.1, -0.05) is 11.6 Å². The Labute approximate surface area is 80.0 Å². The van der Waals surface area contributed by atoms with Crippen LogP contribution in [0.25, 0.3) is 0 Å². The molecule has 1 aromatic carbocycles. The molecule has 0 amide bonds. The average molecular weight is 205 g/mol. The molecule has 1 aromatic rings. The van der Waals surface area contributed by atoms with Crippen molar-refractivity contribution in [2.24, 2.45) is 0 Å². The van der Waals surface area contributed by atoms with Gasteiger partial charge in [0.05, 0.1) is 12.1 Å². The van der Waals surface area contributed by atoms with E-state index in [-0.39, 0.29) is 10.6 Å². The lowest BCUT2D eigenvalue weighted by molar-refractivity contribution is -0.323. The fraction of sp³-hybridized carbons (Fsp3) is 0.250. The maximum Gasteiger partial charge on any atom is 0.304 e. The fourth-order valence-electron chi connectivity index (χ4n) is 0.875. The summed E-state index contributed by atoms with van der Waals surface area (Å²) in [5, 5.41) is 26.6. The van der Waals surface area contributed by atoms with Gasteiger partial charge < -0.3 is 20.1 Å². The molecule has 4 nitrogen and oxygen atoms in total. The standard InChI is InChI=1S/C8H9ClO4/c1-13-7-3-2-5(4-6(7)9)8(10,11)12/h2-4,10-12H,1H3. The molecule has 0 aromatic heterocycles. The van der Waals surface area contributed by atoms with Crippen LogP contribution < -0.4 is 4.74 Å². The Morgan fingerprint density at radius 1 is 1.31 bits per heavy atom. The Balaban J connectivity index is 3.10. The van der Waals surface area contributed by atoms with E-state index in [9.17, 15) is 0 Å². The van der Waals surface area contributed by atoms with Crippen molar-refractivity contribution in [2.45, 2.75) is 5.97 Å². The topological polar surface area (TPSA) is 69.9 Å². The molecular formula is C8H9ClO4. The number of rotatable bonds is 2. The Hall–Kier alpha value is -0.810. The first kappa shape index (κ1) is 10.3. The van der Waals surface area contributed by atoms with E-state index in [4.69, 9.17) is 31.7 Å². The molecule has 0 saturated heterocycles. The average Bonchev–Trinajstić information content (AvgIpc) is 2.02. The molecule has 0 radical (unpaired) electrons. The third-order valence-corrected chi connectivity index (χ3v) is 1.83. The summed E-state index contributed by atoms with van der Waals surface area (Å²) in [5.41, 5.74) is -0.113. The second kappa shape index (κ2) is 3.51. The minimum Gasteiger partial charge on any atom is -0.495 e. The lowest BCUT2D eigenvalue weighted by Gasteiger charge is -2.15. The van der Waals surface area contributed by atoms with Crippen molar-refractivity contribution >= 4 is 11.6 Å². The zero-order valence-corrected chi connectivity index (χ0v) is 7.62. The summed E-state index contributed by atoms with van der Waals surface area (Å²) >= 11 is 5.68. The normalized spacial score (nSPS) is 11.5. The van der Waals surface area contributed by atoms with Gasteiger partial charge in [-0.05, 0) is 18.2 Å². The first-order valence-corrected chi connectivity index (χ1v) is 3.84. The number of halogens is 1. The molecule has 0 bridgehead atoms. The quantitative estimate of drug-likeness (QED) is 0.612. The summed E-state index contributed by atoms with van der Waals surface area (Å²) in [6, 6.07) is 3.93. The molecule has 0 atom stereocenters. The fourth-order valence-corrected chi connectivity index (χ4v) is 1.13. The molecule has 0 aliphatic carbocycles. The molecule has 0 saturated carbocycles. The number of methoxy groups -OCH3 is 1. The minimum atomic E-state index is -2.87. The van der Waals surface area contributed by atoms with Crippen LogP contribution in [0.1, 0.15) is 5.56 Å². The Morgan fingerprint density at radius 3 is 2.31 bits per heavy atom. The molecule has 0 spiro atoms. The van der Waals surface area contributed by atoms with Crippen LogP contribution in [0, 0.1) is 0 Å². The summed E-state index contributed by atoms with van der Waals surface area (Å²) < 4.78 is 4.84. The summed E-state index contributed by atoms with van der Waals surface area (Å²) in [6.45, 7) is 0. The molecule has 3 N–H and O–H groups in total. The number of hydrogen-bond acceptors (Lipinski definition) is 4. The molecular weight excluding hydrogens is 196 g/mol. The molecule has 5 heteroatoms. The highest BCUT2D eigenvalue weighted by atomic mass is 35.5. The maximum atomic E-state index is 8.79.